The second-order valence-electron chi connectivity index (χ2n) is 17.2. The molecule has 58 heavy (non-hydrogen) atoms. The first-order chi connectivity index (χ1) is 27.0. The van der Waals surface area contributed by atoms with Crippen molar-refractivity contribution in [2.75, 3.05) is 33.8 Å². The number of likely N-dealkylation sites (tertiary alicyclic amines) is 1. The lowest BCUT2D eigenvalue weighted by Crippen LogP contribution is -2.62. The van der Waals surface area contributed by atoms with Crippen molar-refractivity contribution in [1.82, 2.24) is 30.5 Å². The van der Waals surface area contributed by atoms with Gasteiger partial charge in [0.05, 0.1) is 17.6 Å². The Labute approximate surface area is 340 Å². The van der Waals surface area contributed by atoms with Crippen molar-refractivity contribution in [2.45, 2.75) is 96.8 Å². The molecule has 1 aliphatic heterocycles. The molecular formula is C41H58F2N6O8S. The van der Waals surface area contributed by atoms with Gasteiger partial charge in [0.25, 0.3) is 0 Å². The molecule has 5 amide bonds. The summed E-state index contributed by atoms with van der Waals surface area (Å²) >= 11 is 0. The molecule has 2 fully saturated rings. The molecule has 1 heterocycles. The van der Waals surface area contributed by atoms with Gasteiger partial charge in [0.15, 0.2) is 0 Å². The zero-order valence-corrected chi connectivity index (χ0v) is 35.5. The van der Waals surface area contributed by atoms with Crippen molar-refractivity contribution in [1.29, 1.82) is 0 Å². The highest BCUT2D eigenvalue weighted by atomic mass is 32.2. The molecule has 14 nitrogen and oxygen atoms in total. The number of nitrogens with zero attached hydrogens (tertiary/aromatic N) is 2. The summed E-state index contributed by atoms with van der Waals surface area (Å²) in [6, 6.07) is 9.22. The summed E-state index contributed by atoms with van der Waals surface area (Å²) < 4.78 is 59.9. The molecule has 2 aromatic rings. The van der Waals surface area contributed by atoms with Gasteiger partial charge in [-0.2, -0.15) is 4.31 Å². The maximum absolute atomic E-state index is 14.4. The van der Waals surface area contributed by atoms with Crippen LogP contribution in [0.2, 0.25) is 0 Å². The third-order valence-corrected chi connectivity index (χ3v) is 13.1. The number of ether oxygens (including phenoxy) is 1. The largest absolute Gasteiger partial charge is 0.465 e. The van der Waals surface area contributed by atoms with Gasteiger partial charge in [-0.05, 0) is 64.8 Å². The number of hydrogen-bond acceptors (Lipinski definition) is 8. The fourth-order valence-electron chi connectivity index (χ4n) is 7.58. The van der Waals surface area contributed by atoms with Gasteiger partial charge in [0.2, 0.25) is 34.2 Å². The maximum Gasteiger partial charge on any atom is 0.337 e. The Morgan fingerprint density at radius 3 is 2.14 bits per heavy atom. The van der Waals surface area contributed by atoms with Gasteiger partial charge in [-0.3, -0.25) is 14.4 Å². The van der Waals surface area contributed by atoms with E-state index >= 15 is 0 Å². The second-order valence-corrected chi connectivity index (χ2v) is 19.2. The SMILES string of the molecule is COC(=O)c1ccc(CCNC(=O)[C@H](CC(F)F)NC(=O)[C@@H]2C3C(CN2C(=O)[C@@H](NC(=O)N[C@H](CN(C)S(=O)(=O)c2ccccc2)C(C)C)C(C)(C)C)C3(C)C)cc1. The average molecular weight is 833 g/mol. The molecule has 2 unspecified atom stereocenters. The Morgan fingerprint density at radius 1 is 0.966 bits per heavy atom. The van der Waals surface area contributed by atoms with Crippen LogP contribution < -0.4 is 21.3 Å². The third-order valence-electron chi connectivity index (χ3n) is 11.3. The third kappa shape index (κ3) is 10.9. The van der Waals surface area contributed by atoms with Gasteiger partial charge in [0.1, 0.15) is 18.1 Å². The first-order valence-corrected chi connectivity index (χ1v) is 20.9. The standard InChI is InChI=1S/C41H58F2N6O8S/c1-24(2)30(23-48(8)58(55,56)27-13-11-10-12-14-27)46-39(54)47-34(40(3,4)5)37(52)49-22-28-32(41(28,6)7)33(49)36(51)45-29(21-31(42)43)35(50)44-20-19-25-15-17-26(18-16-25)38(53)57-9/h10-18,24,28-34H,19-23H2,1-9H3,(H,44,50)(H,45,51)(H2,46,47,54)/t28?,29-,30+,32?,33-,34+/m0/s1. The minimum atomic E-state index is -3.86. The smallest absolute Gasteiger partial charge is 0.337 e. The van der Waals surface area contributed by atoms with Crippen LogP contribution >= 0.6 is 0 Å². The monoisotopic (exact) mass is 832 g/mol. The minimum absolute atomic E-state index is 0.0548. The molecule has 0 bridgehead atoms. The zero-order chi connectivity index (χ0) is 43.3. The van der Waals surface area contributed by atoms with Crippen LogP contribution in [-0.2, 0) is 35.6 Å². The number of esters is 1. The summed E-state index contributed by atoms with van der Waals surface area (Å²) in [5.74, 6) is -3.21. The molecule has 17 heteroatoms. The molecule has 0 aromatic heterocycles. The number of halogens is 2. The number of rotatable bonds is 17. The van der Waals surface area contributed by atoms with Crippen molar-refractivity contribution in [3.8, 4) is 0 Å². The predicted molar refractivity (Wildman–Crippen MR) is 213 cm³/mol. The number of hydrogen-bond donors (Lipinski definition) is 4. The number of urea groups is 1. The van der Waals surface area contributed by atoms with Gasteiger partial charge in [-0.15, -0.1) is 0 Å². The predicted octanol–water partition coefficient (Wildman–Crippen LogP) is 3.81. The first-order valence-electron chi connectivity index (χ1n) is 19.4. The molecule has 6 atom stereocenters. The van der Waals surface area contributed by atoms with Crippen LogP contribution in [0.25, 0.3) is 0 Å². The molecule has 2 aliphatic rings. The zero-order valence-electron chi connectivity index (χ0n) is 34.7. The van der Waals surface area contributed by atoms with Crippen LogP contribution in [0.5, 0.6) is 0 Å². The van der Waals surface area contributed by atoms with Gasteiger partial charge >= 0.3 is 12.0 Å². The highest BCUT2D eigenvalue weighted by Crippen LogP contribution is 2.65. The highest BCUT2D eigenvalue weighted by Gasteiger charge is 2.70. The van der Waals surface area contributed by atoms with E-state index in [4.69, 9.17) is 4.74 Å². The first kappa shape index (κ1) is 46.1. The van der Waals surface area contributed by atoms with Gasteiger partial charge in [0, 0.05) is 39.1 Å². The summed E-state index contributed by atoms with van der Waals surface area (Å²) in [7, 11) is -1.16. The number of carbonyl (C=O) groups excluding carboxylic acids is 5. The number of alkyl halides is 2. The molecule has 1 aliphatic carbocycles. The van der Waals surface area contributed by atoms with Crippen LogP contribution in [0.15, 0.2) is 59.5 Å². The maximum atomic E-state index is 14.4. The summed E-state index contributed by atoms with van der Waals surface area (Å²) in [5, 5.41) is 10.7. The summed E-state index contributed by atoms with van der Waals surface area (Å²) in [6.45, 7) is 13.0. The van der Waals surface area contributed by atoms with Crippen molar-refractivity contribution < 1.29 is 45.9 Å². The fraction of sp³-hybridized carbons (Fsp3) is 0.585. The normalized spacial score (nSPS) is 20.2. The number of likely N-dealkylation sites (N-methyl/N-ethyl adjacent to an activating group) is 1. The molecule has 320 valence electrons. The topological polar surface area (TPSA) is 183 Å². The van der Waals surface area contributed by atoms with E-state index < -0.39 is 82.2 Å². The summed E-state index contributed by atoms with van der Waals surface area (Å²) in [4.78, 5) is 68.6. The van der Waals surface area contributed by atoms with Crippen LogP contribution in [-0.4, -0.2) is 112 Å². The van der Waals surface area contributed by atoms with Crippen molar-refractivity contribution in [3.05, 3.63) is 65.7 Å². The van der Waals surface area contributed by atoms with E-state index in [1.807, 2.05) is 27.7 Å². The molecule has 1 saturated heterocycles. The van der Waals surface area contributed by atoms with Gasteiger partial charge < -0.3 is 30.9 Å². The molecular weight excluding hydrogens is 775 g/mol. The van der Waals surface area contributed by atoms with Crippen molar-refractivity contribution >= 4 is 39.7 Å². The Bertz CT molecular complexity index is 1910. The van der Waals surface area contributed by atoms with Gasteiger partial charge in [-0.25, -0.2) is 26.8 Å². The Hall–Kier alpha value is -4.64. The molecule has 2 aromatic carbocycles. The van der Waals surface area contributed by atoms with Crippen LogP contribution in [0.4, 0.5) is 13.6 Å². The molecule has 0 spiro atoms. The number of sulfonamides is 1. The quantitative estimate of drug-likeness (QED) is 0.174. The number of nitrogens with one attached hydrogen (secondary N) is 4. The fourth-order valence-corrected chi connectivity index (χ4v) is 8.80. The molecule has 4 N–H and O–H groups in total. The molecule has 0 radical (unpaired) electrons. The van der Waals surface area contributed by atoms with Gasteiger partial charge in [-0.1, -0.05) is 78.8 Å². The lowest BCUT2D eigenvalue weighted by molar-refractivity contribution is -0.144. The lowest BCUT2D eigenvalue weighted by atomic mass is 9.85. The van der Waals surface area contributed by atoms with E-state index in [1.165, 1.54) is 31.2 Å². The van der Waals surface area contributed by atoms with Crippen LogP contribution in [0.3, 0.4) is 0 Å². The summed E-state index contributed by atoms with van der Waals surface area (Å²) in [5.41, 5.74) is -0.0958. The van der Waals surface area contributed by atoms with E-state index in [0.29, 0.717) is 12.0 Å². The minimum Gasteiger partial charge on any atom is -0.465 e. The Kier molecular flexibility index (Phi) is 14.7. The van der Waals surface area contributed by atoms with Crippen molar-refractivity contribution in [3.63, 3.8) is 0 Å². The molecule has 1 saturated carbocycles. The number of fused-ring (bicyclic) bond motifs is 1. The number of benzene rings is 2. The van der Waals surface area contributed by atoms with Crippen molar-refractivity contribution in [2.24, 2.45) is 28.6 Å². The molecule has 4 rings (SSSR count). The van der Waals surface area contributed by atoms with E-state index in [1.54, 1.807) is 63.2 Å². The van der Waals surface area contributed by atoms with E-state index in [0.717, 1.165) is 9.87 Å². The second kappa shape index (κ2) is 18.5. The highest BCUT2D eigenvalue weighted by molar-refractivity contribution is 7.89. The Balaban J connectivity index is 1.46. The Morgan fingerprint density at radius 2 is 1.59 bits per heavy atom. The average Bonchev–Trinajstić information content (AvgIpc) is 3.45. The van der Waals surface area contributed by atoms with Crippen LogP contribution in [0, 0.1) is 28.6 Å². The van der Waals surface area contributed by atoms with E-state index in [9.17, 15) is 41.2 Å². The number of amides is 5. The number of methoxy groups -OCH3 is 1. The van der Waals surface area contributed by atoms with E-state index in [-0.39, 0.29) is 47.7 Å². The lowest BCUT2D eigenvalue weighted by Gasteiger charge is -2.38. The summed E-state index contributed by atoms with van der Waals surface area (Å²) in [6.07, 6.45) is -3.55. The van der Waals surface area contributed by atoms with Crippen LogP contribution in [0.1, 0.15) is 70.8 Å². The number of piperidine rings is 1. The number of carbonyl (C=O) groups is 5. The van der Waals surface area contributed by atoms with E-state index in [2.05, 4.69) is 21.3 Å².